The minimum atomic E-state index is -0.424. The lowest BCUT2D eigenvalue weighted by molar-refractivity contribution is -0.123. The number of hydrogen-bond acceptors (Lipinski definition) is 2. The minimum Gasteiger partial charge on any atom is -0.348 e. The van der Waals surface area contributed by atoms with E-state index in [1.54, 1.807) is 0 Å². The molecule has 0 aliphatic carbocycles. The van der Waals surface area contributed by atoms with Crippen LogP contribution >= 0.6 is 0 Å². The van der Waals surface area contributed by atoms with Gasteiger partial charge in [-0.3, -0.25) is 4.79 Å². The second kappa shape index (κ2) is 6.71. The third kappa shape index (κ3) is 4.67. The first-order chi connectivity index (χ1) is 8.81. The van der Waals surface area contributed by atoms with Crippen LogP contribution in [0.15, 0.2) is 18.2 Å². The molecule has 0 aliphatic heterocycles. The summed E-state index contributed by atoms with van der Waals surface area (Å²) in [7, 11) is 0. The van der Waals surface area contributed by atoms with E-state index in [0.717, 1.165) is 5.56 Å². The SMILES string of the molecule is Cc1ccc(C)c(C(C)NC(=O)[C@@H](N)CC(C)C)c1. The summed E-state index contributed by atoms with van der Waals surface area (Å²) in [4.78, 5) is 12.0. The van der Waals surface area contributed by atoms with Crippen LogP contribution in [0, 0.1) is 19.8 Å². The number of aryl methyl sites for hydroxylation is 2. The average molecular weight is 262 g/mol. The van der Waals surface area contributed by atoms with Gasteiger partial charge in [0.15, 0.2) is 0 Å². The Kier molecular flexibility index (Phi) is 5.55. The number of nitrogens with two attached hydrogens (primary N) is 1. The molecule has 3 heteroatoms. The van der Waals surface area contributed by atoms with Crippen LogP contribution < -0.4 is 11.1 Å². The molecule has 1 aromatic rings. The summed E-state index contributed by atoms with van der Waals surface area (Å²) in [6.45, 7) is 10.3. The summed E-state index contributed by atoms with van der Waals surface area (Å²) < 4.78 is 0. The molecule has 0 spiro atoms. The lowest BCUT2D eigenvalue weighted by Crippen LogP contribution is -2.42. The normalized spacial score (nSPS) is 14.3. The molecular formula is C16H26N2O. The zero-order valence-electron chi connectivity index (χ0n) is 12.7. The fourth-order valence-electron chi connectivity index (χ4n) is 2.24. The Labute approximate surface area is 116 Å². The van der Waals surface area contributed by atoms with E-state index >= 15 is 0 Å². The maximum atomic E-state index is 12.0. The number of nitrogens with one attached hydrogen (secondary N) is 1. The summed E-state index contributed by atoms with van der Waals surface area (Å²) in [6, 6.07) is 5.85. The summed E-state index contributed by atoms with van der Waals surface area (Å²) >= 11 is 0. The molecule has 1 unspecified atom stereocenters. The number of benzene rings is 1. The third-order valence-corrected chi connectivity index (χ3v) is 3.32. The van der Waals surface area contributed by atoms with Gasteiger partial charge in [-0.1, -0.05) is 37.6 Å². The predicted octanol–water partition coefficient (Wildman–Crippen LogP) is 2.85. The van der Waals surface area contributed by atoms with Crippen molar-refractivity contribution in [3.05, 3.63) is 34.9 Å². The van der Waals surface area contributed by atoms with Gasteiger partial charge in [0.25, 0.3) is 0 Å². The van der Waals surface area contributed by atoms with Crippen molar-refractivity contribution in [2.75, 3.05) is 0 Å². The highest BCUT2D eigenvalue weighted by Crippen LogP contribution is 2.19. The highest BCUT2D eigenvalue weighted by atomic mass is 16.2. The zero-order chi connectivity index (χ0) is 14.6. The van der Waals surface area contributed by atoms with Crippen molar-refractivity contribution in [3.8, 4) is 0 Å². The first-order valence-electron chi connectivity index (χ1n) is 6.94. The monoisotopic (exact) mass is 262 g/mol. The van der Waals surface area contributed by atoms with Crippen molar-refractivity contribution in [1.29, 1.82) is 0 Å². The maximum absolute atomic E-state index is 12.0. The van der Waals surface area contributed by atoms with Crippen molar-refractivity contribution in [3.63, 3.8) is 0 Å². The van der Waals surface area contributed by atoms with Crippen molar-refractivity contribution >= 4 is 5.91 Å². The van der Waals surface area contributed by atoms with Crippen LogP contribution in [0.1, 0.15) is 49.9 Å². The second-order valence-corrected chi connectivity index (χ2v) is 5.83. The van der Waals surface area contributed by atoms with Crippen molar-refractivity contribution in [2.45, 2.75) is 53.1 Å². The minimum absolute atomic E-state index is 0.00869. The van der Waals surface area contributed by atoms with E-state index in [9.17, 15) is 4.79 Å². The van der Waals surface area contributed by atoms with Crippen LogP contribution in [0.4, 0.5) is 0 Å². The topological polar surface area (TPSA) is 55.1 Å². The predicted molar refractivity (Wildman–Crippen MR) is 79.9 cm³/mol. The molecule has 0 aromatic heterocycles. The van der Waals surface area contributed by atoms with Crippen LogP contribution in [0.3, 0.4) is 0 Å². The first kappa shape index (κ1) is 15.7. The Hall–Kier alpha value is -1.35. The van der Waals surface area contributed by atoms with Gasteiger partial charge in [0, 0.05) is 0 Å². The van der Waals surface area contributed by atoms with Crippen LogP contribution in [0.25, 0.3) is 0 Å². The lowest BCUT2D eigenvalue weighted by Gasteiger charge is -2.20. The zero-order valence-corrected chi connectivity index (χ0v) is 12.7. The molecule has 106 valence electrons. The molecule has 3 N–H and O–H groups in total. The Morgan fingerprint density at radius 1 is 1.26 bits per heavy atom. The second-order valence-electron chi connectivity index (χ2n) is 5.83. The summed E-state index contributed by atoms with van der Waals surface area (Å²) in [6.07, 6.45) is 0.714. The average Bonchev–Trinajstić information content (AvgIpc) is 2.31. The largest absolute Gasteiger partial charge is 0.348 e. The van der Waals surface area contributed by atoms with Gasteiger partial charge in [0.2, 0.25) is 5.91 Å². The summed E-state index contributed by atoms with van der Waals surface area (Å²) in [5, 5.41) is 3.01. The highest BCUT2D eigenvalue weighted by Gasteiger charge is 2.18. The van der Waals surface area contributed by atoms with E-state index in [1.807, 2.05) is 6.92 Å². The molecule has 2 atom stereocenters. The number of carbonyl (C=O) groups is 1. The highest BCUT2D eigenvalue weighted by molar-refractivity contribution is 5.81. The van der Waals surface area contributed by atoms with E-state index < -0.39 is 6.04 Å². The number of hydrogen-bond donors (Lipinski definition) is 2. The van der Waals surface area contributed by atoms with Crippen LogP contribution in [0.5, 0.6) is 0 Å². The molecule has 1 aromatic carbocycles. The molecular weight excluding hydrogens is 236 g/mol. The number of amides is 1. The van der Waals surface area contributed by atoms with Crippen molar-refractivity contribution < 1.29 is 4.79 Å². The van der Waals surface area contributed by atoms with E-state index in [2.05, 4.69) is 51.2 Å². The van der Waals surface area contributed by atoms with Crippen LogP contribution in [-0.2, 0) is 4.79 Å². The molecule has 0 heterocycles. The quantitative estimate of drug-likeness (QED) is 0.857. The maximum Gasteiger partial charge on any atom is 0.237 e. The Balaban J connectivity index is 2.71. The van der Waals surface area contributed by atoms with Gasteiger partial charge in [-0.05, 0) is 44.2 Å². The van der Waals surface area contributed by atoms with Crippen LogP contribution in [-0.4, -0.2) is 11.9 Å². The molecule has 0 bridgehead atoms. The summed E-state index contributed by atoms with van der Waals surface area (Å²) in [5.74, 6) is 0.360. The molecule has 0 saturated carbocycles. The summed E-state index contributed by atoms with van der Waals surface area (Å²) in [5.41, 5.74) is 9.45. The van der Waals surface area contributed by atoms with Gasteiger partial charge >= 0.3 is 0 Å². The van der Waals surface area contributed by atoms with Gasteiger partial charge in [-0.15, -0.1) is 0 Å². The third-order valence-electron chi connectivity index (χ3n) is 3.32. The van der Waals surface area contributed by atoms with Gasteiger partial charge < -0.3 is 11.1 Å². The van der Waals surface area contributed by atoms with Gasteiger partial charge in [-0.25, -0.2) is 0 Å². The molecule has 0 aliphatic rings. The Morgan fingerprint density at radius 3 is 2.47 bits per heavy atom. The molecule has 1 rings (SSSR count). The molecule has 1 amide bonds. The molecule has 0 saturated heterocycles. The molecule has 3 nitrogen and oxygen atoms in total. The standard InChI is InChI=1S/C16H26N2O/c1-10(2)8-15(17)16(19)18-13(5)14-9-11(3)6-7-12(14)4/h6-7,9-10,13,15H,8,17H2,1-5H3,(H,18,19)/t13?,15-/m0/s1. The molecule has 0 fully saturated rings. The van der Waals surface area contributed by atoms with E-state index in [-0.39, 0.29) is 11.9 Å². The van der Waals surface area contributed by atoms with Crippen LogP contribution in [0.2, 0.25) is 0 Å². The van der Waals surface area contributed by atoms with E-state index in [1.165, 1.54) is 11.1 Å². The number of rotatable bonds is 5. The fraction of sp³-hybridized carbons (Fsp3) is 0.562. The Morgan fingerprint density at radius 2 is 1.89 bits per heavy atom. The first-order valence-corrected chi connectivity index (χ1v) is 6.94. The Bertz CT molecular complexity index is 440. The van der Waals surface area contributed by atoms with Gasteiger partial charge in [0.05, 0.1) is 12.1 Å². The van der Waals surface area contributed by atoms with E-state index in [0.29, 0.717) is 12.3 Å². The molecule has 19 heavy (non-hydrogen) atoms. The fourth-order valence-corrected chi connectivity index (χ4v) is 2.24. The van der Waals surface area contributed by atoms with Crippen molar-refractivity contribution in [1.82, 2.24) is 5.32 Å². The number of carbonyl (C=O) groups excluding carboxylic acids is 1. The van der Waals surface area contributed by atoms with Crippen molar-refractivity contribution in [2.24, 2.45) is 11.7 Å². The molecule has 0 radical (unpaired) electrons. The lowest BCUT2D eigenvalue weighted by atomic mass is 9.99. The van der Waals surface area contributed by atoms with Gasteiger partial charge in [0.1, 0.15) is 0 Å². The van der Waals surface area contributed by atoms with E-state index in [4.69, 9.17) is 5.73 Å². The van der Waals surface area contributed by atoms with Gasteiger partial charge in [-0.2, -0.15) is 0 Å². The smallest absolute Gasteiger partial charge is 0.237 e.